The highest BCUT2D eigenvalue weighted by molar-refractivity contribution is 5.99. The fourth-order valence-corrected chi connectivity index (χ4v) is 2.40. The maximum Gasteiger partial charge on any atom is 0.323 e. The van der Waals surface area contributed by atoms with E-state index in [1.165, 1.54) is 0 Å². The van der Waals surface area contributed by atoms with Gasteiger partial charge < -0.3 is 9.84 Å². The predicted molar refractivity (Wildman–Crippen MR) is 74.9 cm³/mol. The molecule has 112 valence electrons. The summed E-state index contributed by atoms with van der Waals surface area (Å²) in [6.07, 6.45) is 4.69. The third-order valence-corrected chi connectivity index (χ3v) is 3.86. The molecule has 0 bridgehead atoms. The highest BCUT2D eigenvalue weighted by Crippen LogP contribution is 2.35. The summed E-state index contributed by atoms with van der Waals surface area (Å²) in [5.41, 5.74) is -1.37. The highest BCUT2D eigenvalue weighted by atomic mass is 16.5. The smallest absolute Gasteiger partial charge is 0.323 e. The van der Waals surface area contributed by atoms with E-state index in [0.29, 0.717) is 6.42 Å². The van der Waals surface area contributed by atoms with Crippen molar-refractivity contribution in [3.63, 3.8) is 0 Å². The molecular formula is C15H28O4. The molecule has 4 nitrogen and oxygen atoms in total. The van der Waals surface area contributed by atoms with Crippen molar-refractivity contribution < 1.29 is 19.4 Å². The lowest BCUT2D eigenvalue weighted by atomic mass is 9.75. The summed E-state index contributed by atoms with van der Waals surface area (Å²) in [6, 6.07) is 0. The van der Waals surface area contributed by atoms with Crippen LogP contribution in [0.15, 0.2) is 0 Å². The van der Waals surface area contributed by atoms with E-state index in [1.54, 1.807) is 13.8 Å². The lowest BCUT2D eigenvalue weighted by Gasteiger charge is -2.29. The molecule has 0 saturated carbocycles. The molecule has 0 spiro atoms. The topological polar surface area (TPSA) is 63.6 Å². The van der Waals surface area contributed by atoms with E-state index in [0.717, 1.165) is 25.7 Å². The Labute approximate surface area is 116 Å². The zero-order valence-electron chi connectivity index (χ0n) is 12.7. The molecule has 0 heterocycles. The first-order chi connectivity index (χ1) is 8.98. The van der Waals surface area contributed by atoms with Crippen LogP contribution in [-0.4, -0.2) is 23.7 Å². The molecule has 2 atom stereocenters. The first-order valence-electron chi connectivity index (χ1n) is 7.38. The van der Waals surface area contributed by atoms with Crippen molar-refractivity contribution in [2.45, 2.75) is 66.2 Å². The maximum atomic E-state index is 12.1. The van der Waals surface area contributed by atoms with Crippen LogP contribution < -0.4 is 0 Å². The fraction of sp³-hybridized carbons (Fsp3) is 0.867. The number of carbonyl (C=O) groups is 2. The Balaban J connectivity index is 5.02. The van der Waals surface area contributed by atoms with Gasteiger partial charge in [0.25, 0.3) is 0 Å². The van der Waals surface area contributed by atoms with E-state index in [9.17, 15) is 14.7 Å². The third kappa shape index (κ3) is 4.84. The van der Waals surface area contributed by atoms with E-state index in [4.69, 9.17) is 4.74 Å². The molecule has 0 aromatic rings. The van der Waals surface area contributed by atoms with Crippen LogP contribution in [-0.2, 0) is 14.3 Å². The molecule has 0 rings (SSSR count). The summed E-state index contributed by atoms with van der Waals surface area (Å²) < 4.78 is 4.99. The number of hydrogen-bond donors (Lipinski definition) is 1. The summed E-state index contributed by atoms with van der Waals surface area (Å²) in [6.45, 7) is 7.84. The van der Waals surface area contributed by atoms with Crippen LogP contribution in [0, 0.1) is 11.3 Å². The van der Waals surface area contributed by atoms with Gasteiger partial charge in [-0.05, 0) is 25.7 Å². The number of carboxylic acids is 1. The monoisotopic (exact) mass is 272 g/mol. The Kier molecular flexibility index (Phi) is 8.44. The Morgan fingerprint density at radius 2 is 1.84 bits per heavy atom. The Bertz CT molecular complexity index is 288. The van der Waals surface area contributed by atoms with E-state index < -0.39 is 17.4 Å². The zero-order chi connectivity index (χ0) is 14.9. The van der Waals surface area contributed by atoms with Crippen LogP contribution in [0.5, 0.6) is 0 Å². The van der Waals surface area contributed by atoms with E-state index in [1.807, 2.05) is 6.92 Å². The van der Waals surface area contributed by atoms with Crippen molar-refractivity contribution in [2.75, 3.05) is 6.61 Å². The van der Waals surface area contributed by atoms with Crippen LogP contribution in [0.3, 0.4) is 0 Å². The van der Waals surface area contributed by atoms with E-state index in [2.05, 4.69) is 6.92 Å². The molecule has 4 heteroatoms. The standard InChI is InChI=1S/C15H28O4/c1-5-9-10-12(6-2)11-15(7-3,13(16)17)14(18)19-8-4/h12H,5-11H2,1-4H3,(H,16,17). The van der Waals surface area contributed by atoms with Gasteiger partial charge in [0.15, 0.2) is 5.41 Å². The quantitative estimate of drug-likeness (QED) is 0.487. The first-order valence-corrected chi connectivity index (χ1v) is 7.38. The number of aliphatic carboxylic acids is 1. The second kappa shape index (κ2) is 8.94. The number of carboxylic acid groups (broad SMARTS) is 1. The fourth-order valence-electron chi connectivity index (χ4n) is 2.40. The highest BCUT2D eigenvalue weighted by Gasteiger charge is 2.47. The van der Waals surface area contributed by atoms with Crippen LogP contribution in [0.1, 0.15) is 66.2 Å². The van der Waals surface area contributed by atoms with Gasteiger partial charge in [-0.25, -0.2) is 0 Å². The van der Waals surface area contributed by atoms with Crippen molar-refractivity contribution in [1.82, 2.24) is 0 Å². The van der Waals surface area contributed by atoms with Crippen molar-refractivity contribution in [2.24, 2.45) is 11.3 Å². The SMILES string of the molecule is CCCCC(CC)CC(CC)(C(=O)O)C(=O)OCC. The molecule has 19 heavy (non-hydrogen) atoms. The zero-order valence-corrected chi connectivity index (χ0v) is 12.7. The lowest BCUT2D eigenvalue weighted by molar-refractivity contribution is -0.170. The van der Waals surface area contributed by atoms with Crippen LogP contribution in [0.4, 0.5) is 0 Å². The van der Waals surface area contributed by atoms with E-state index >= 15 is 0 Å². The van der Waals surface area contributed by atoms with Crippen molar-refractivity contribution in [3.05, 3.63) is 0 Å². The number of esters is 1. The minimum Gasteiger partial charge on any atom is -0.480 e. The molecule has 2 unspecified atom stereocenters. The summed E-state index contributed by atoms with van der Waals surface area (Å²) in [4.78, 5) is 23.7. The van der Waals surface area contributed by atoms with Crippen molar-refractivity contribution in [3.8, 4) is 0 Å². The van der Waals surface area contributed by atoms with Gasteiger partial charge in [-0.3, -0.25) is 9.59 Å². The molecule has 0 radical (unpaired) electrons. The summed E-state index contributed by atoms with van der Waals surface area (Å²) >= 11 is 0. The van der Waals surface area contributed by atoms with Crippen LogP contribution in [0.2, 0.25) is 0 Å². The maximum absolute atomic E-state index is 12.1. The van der Waals surface area contributed by atoms with Gasteiger partial charge in [-0.2, -0.15) is 0 Å². The van der Waals surface area contributed by atoms with Gasteiger partial charge in [0.05, 0.1) is 6.61 Å². The minimum absolute atomic E-state index is 0.222. The first kappa shape index (κ1) is 17.9. The molecule has 0 fully saturated rings. The molecular weight excluding hydrogens is 244 g/mol. The van der Waals surface area contributed by atoms with E-state index in [-0.39, 0.29) is 18.9 Å². The number of ether oxygens (including phenoxy) is 1. The minimum atomic E-state index is -1.37. The molecule has 0 aliphatic heterocycles. The van der Waals surface area contributed by atoms with Crippen molar-refractivity contribution >= 4 is 11.9 Å². The molecule has 0 aliphatic rings. The largest absolute Gasteiger partial charge is 0.480 e. The lowest BCUT2D eigenvalue weighted by Crippen LogP contribution is -2.42. The second-order valence-corrected chi connectivity index (χ2v) is 5.08. The summed E-state index contributed by atoms with van der Waals surface area (Å²) in [5.74, 6) is -1.37. The van der Waals surface area contributed by atoms with Crippen LogP contribution in [0.25, 0.3) is 0 Å². The van der Waals surface area contributed by atoms with Crippen LogP contribution >= 0.6 is 0 Å². The third-order valence-electron chi connectivity index (χ3n) is 3.86. The molecule has 0 saturated heterocycles. The molecule has 0 amide bonds. The Morgan fingerprint density at radius 1 is 1.21 bits per heavy atom. The predicted octanol–water partition coefficient (Wildman–Crippen LogP) is 3.64. The second-order valence-electron chi connectivity index (χ2n) is 5.08. The summed E-state index contributed by atoms with van der Waals surface area (Å²) in [5, 5.41) is 9.49. The number of hydrogen-bond acceptors (Lipinski definition) is 3. The molecule has 0 aromatic carbocycles. The molecule has 0 aromatic heterocycles. The average Bonchev–Trinajstić information content (AvgIpc) is 2.39. The Hall–Kier alpha value is -1.06. The number of carbonyl (C=O) groups excluding carboxylic acids is 1. The van der Waals surface area contributed by atoms with Gasteiger partial charge in [0.1, 0.15) is 0 Å². The van der Waals surface area contributed by atoms with Gasteiger partial charge in [-0.15, -0.1) is 0 Å². The number of unbranched alkanes of at least 4 members (excludes halogenated alkanes) is 1. The van der Waals surface area contributed by atoms with Crippen molar-refractivity contribution in [1.29, 1.82) is 0 Å². The normalized spacial score (nSPS) is 15.6. The Morgan fingerprint density at radius 3 is 2.21 bits per heavy atom. The summed E-state index contributed by atoms with van der Waals surface area (Å²) in [7, 11) is 0. The van der Waals surface area contributed by atoms with Gasteiger partial charge in [0, 0.05) is 0 Å². The molecule has 1 N–H and O–H groups in total. The average molecular weight is 272 g/mol. The van der Waals surface area contributed by atoms with Gasteiger partial charge >= 0.3 is 11.9 Å². The number of rotatable bonds is 10. The van der Waals surface area contributed by atoms with Gasteiger partial charge in [-0.1, -0.05) is 46.5 Å². The molecule has 0 aliphatic carbocycles. The van der Waals surface area contributed by atoms with Gasteiger partial charge in [0.2, 0.25) is 0 Å².